The molecule has 9 aliphatic carbocycles. The number of hydrogen-bond acceptors (Lipinski definition) is 8. The first-order valence-corrected chi connectivity index (χ1v) is 27.4. The molecule has 9 aliphatic rings. The monoisotopic (exact) mass is 1000 g/mol. The number of carboxylic acid groups (broad SMARTS) is 2. The maximum absolute atomic E-state index is 14.8. The molecule has 0 aromatic carbocycles. The van der Waals surface area contributed by atoms with Gasteiger partial charge in [-0.25, -0.2) is 17.6 Å². The zero-order valence-corrected chi connectivity index (χ0v) is 45.3. The second-order valence-corrected chi connectivity index (χ2v) is 26.2. The second-order valence-electron chi connectivity index (χ2n) is 26.2. The molecule has 15 heteroatoms. The van der Waals surface area contributed by atoms with E-state index in [1.165, 1.54) is 0 Å². The largest absolute Gasteiger partial charge is 1.00 e. The minimum atomic E-state index is -3.08. The van der Waals surface area contributed by atoms with Crippen LogP contribution in [-0.2, 0) is 14.4 Å². The van der Waals surface area contributed by atoms with Gasteiger partial charge < -0.3 is 40.8 Å². The van der Waals surface area contributed by atoms with E-state index in [0.717, 1.165) is 70.6 Å². The number of aliphatic carboxylic acids is 2. The fourth-order valence-electron chi connectivity index (χ4n) is 19.4. The Balaban J connectivity index is 0.000000210. The number of nitrogens with one attached hydrogen (secondary N) is 1. The summed E-state index contributed by atoms with van der Waals surface area (Å²) in [5, 5.41) is 66.2. The molecule has 0 aromatic heterocycles. The molecule has 9 saturated carbocycles. The number of aliphatic hydroxyl groups is 4. The van der Waals surface area contributed by atoms with Gasteiger partial charge in [-0.3, -0.25) is 9.59 Å². The van der Waals surface area contributed by atoms with Gasteiger partial charge in [0.2, 0.25) is 5.91 Å². The molecule has 0 saturated heterocycles. The number of fused-ring (bicyclic) bond motifs is 10. The minimum Gasteiger partial charge on any atom is -0.550 e. The quantitative estimate of drug-likeness (QED) is 0.116. The Morgan fingerprint density at radius 3 is 1.44 bits per heavy atom. The molecule has 0 spiro atoms. The van der Waals surface area contributed by atoms with Crippen molar-refractivity contribution in [3.8, 4) is 0 Å². The first-order chi connectivity index (χ1) is 32.2. The zero-order chi connectivity index (χ0) is 50.4. The molecule has 0 aromatic rings. The zero-order valence-electron chi connectivity index (χ0n) is 43.3. The Morgan fingerprint density at radius 1 is 0.600 bits per heavy atom. The van der Waals surface area contributed by atoms with Gasteiger partial charge in [0.25, 0.3) is 11.8 Å². The van der Waals surface area contributed by atoms with E-state index in [4.69, 9.17) is 5.11 Å². The molecular formula is C55H86F4NNaO9. The first kappa shape index (κ1) is 56.7. The van der Waals surface area contributed by atoms with E-state index in [0.29, 0.717) is 68.1 Å². The van der Waals surface area contributed by atoms with Crippen molar-refractivity contribution in [2.24, 2.45) is 98.6 Å². The average Bonchev–Trinajstić information content (AvgIpc) is 3.81. The summed E-state index contributed by atoms with van der Waals surface area (Å²) in [5.41, 5.74) is -1.07. The Morgan fingerprint density at radius 2 is 1.01 bits per heavy atom. The van der Waals surface area contributed by atoms with E-state index < -0.39 is 64.9 Å². The van der Waals surface area contributed by atoms with Gasteiger partial charge in [-0.2, -0.15) is 0 Å². The van der Waals surface area contributed by atoms with Crippen molar-refractivity contribution in [2.45, 2.75) is 225 Å². The predicted molar refractivity (Wildman–Crippen MR) is 249 cm³/mol. The fourth-order valence-corrected chi connectivity index (χ4v) is 19.4. The molecule has 0 bridgehead atoms. The summed E-state index contributed by atoms with van der Waals surface area (Å²) in [4.78, 5) is 35.3. The number of carbonyl (C=O) groups is 3. The summed E-state index contributed by atoms with van der Waals surface area (Å²) >= 11 is 0. The maximum Gasteiger partial charge on any atom is 1.00 e. The minimum absolute atomic E-state index is 0. The normalized spacial score (nSPS) is 48.4. The van der Waals surface area contributed by atoms with Gasteiger partial charge >= 0.3 is 35.5 Å². The van der Waals surface area contributed by atoms with Gasteiger partial charge in [0.05, 0.1) is 12.2 Å². The number of amides is 1. The van der Waals surface area contributed by atoms with Crippen LogP contribution < -0.4 is 40.0 Å². The van der Waals surface area contributed by atoms with Gasteiger partial charge in [-0.15, -0.1) is 0 Å². The number of hydrogen-bond donors (Lipinski definition) is 6. The third-order valence-electron chi connectivity index (χ3n) is 23.0. The number of carboxylic acids is 2. The Hall–Kier alpha value is -1.03. The Labute approximate surface area is 436 Å². The number of aliphatic hydroxyl groups excluding tert-OH is 4. The van der Waals surface area contributed by atoms with Gasteiger partial charge in [-0.1, -0.05) is 54.4 Å². The van der Waals surface area contributed by atoms with E-state index in [1.807, 2.05) is 13.8 Å². The SMILES string of the molecule is C[C@H](CCC(=O)NC1CCCC[C@H]1C(=O)[O-])[C@H]1CCC2C3C(CC[C@@]21C)[C@@]1(C)CC(F)(F)[C@H](O)C[C@H]1C[C@@H]3O.C[C@H](CCC(=O)O)[C@H]1CCC2C3C(CC[C@@]21C)[C@@]1(C)CC(F)(F)[C@H](O)C[C@H]1C[C@@H]3O.[Na+]. The smallest absolute Gasteiger partial charge is 0.550 e. The summed E-state index contributed by atoms with van der Waals surface area (Å²) in [6.45, 7) is 13.0. The second kappa shape index (κ2) is 20.8. The molecule has 9 rings (SSSR count). The molecule has 70 heavy (non-hydrogen) atoms. The van der Waals surface area contributed by atoms with Crippen molar-refractivity contribution < 1.29 is 92.1 Å². The summed E-state index contributed by atoms with van der Waals surface area (Å²) in [6.07, 6.45) is 8.88. The van der Waals surface area contributed by atoms with Crippen molar-refractivity contribution in [2.75, 3.05) is 0 Å². The van der Waals surface area contributed by atoms with E-state index in [2.05, 4.69) is 33.0 Å². The molecule has 0 aliphatic heterocycles. The fraction of sp³-hybridized carbons (Fsp3) is 0.945. The van der Waals surface area contributed by atoms with Crippen LogP contribution in [0.15, 0.2) is 0 Å². The Bertz CT molecular complexity index is 1900. The summed E-state index contributed by atoms with van der Waals surface area (Å²) in [5.74, 6) is -6.65. The third kappa shape index (κ3) is 10.1. The van der Waals surface area contributed by atoms with Crippen LogP contribution >= 0.6 is 0 Å². The van der Waals surface area contributed by atoms with Crippen molar-refractivity contribution in [3.63, 3.8) is 0 Å². The van der Waals surface area contributed by atoms with Crippen LogP contribution in [0.5, 0.6) is 0 Å². The first-order valence-electron chi connectivity index (χ1n) is 27.4. The van der Waals surface area contributed by atoms with Gasteiger partial charge in [0.15, 0.2) is 0 Å². The topological polar surface area (TPSA) is 187 Å². The van der Waals surface area contributed by atoms with E-state index in [-0.39, 0.29) is 126 Å². The van der Waals surface area contributed by atoms with E-state index >= 15 is 0 Å². The van der Waals surface area contributed by atoms with Crippen LogP contribution in [-0.4, -0.2) is 85.7 Å². The molecule has 0 radical (unpaired) electrons. The van der Waals surface area contributed by atoms with Crippen LogP contribution in [0.1, 0.15) is 183 Å². The van der Waals surface area contributed by atoms with E-state index in [9.17, 15) is 57.5 Å². The van der Waals surface area contributed by atoms with Crippen LogP contribution in [0.4, 0.5) is 17.6 Å². The molecule has 394 valence electrons. The van der Waals surface area contributed by atoms with Crippen molar-refractivity contribution in [1.82, 2.24) is 5.32 Å². The summed E-state index contributed by atoms with van der Waals surface area (Å²) in [7, 11) is 0. The number of alkyl halides is 4. The third-order valence-corrected chi connectivity index (χ3v) is 23.0. The predicted octanol–water partition coefficient (Wildman–Crippen LogP) is 5.79. The van der Waals surface area contributed by atoms with Crippen LogP contribution in [0, 0.1) is 98.6 Å². The summed E-state index contributed by atoms with van der Waals surface area (Å²) in [6, 6.07) is -0.346. The van der Waals surface area contributed by atoms with Gasteiger partial charge in [-0.05, 0) is 195 Å². The molecule has 0 heterocycles. The van der Waals surface area contributed by atoms with Crippen LogP contribution in [0.2, 0.25) is 0 Å². The van der Waals surface area contributed by atoms with Crippen molar-refractivity contribution in [3.05, 3.63) is 0 Å². The standard InChI is InChI=1S/C31H49F2NO5.C24H38F2O4.Na/c1-17(8-11-26(37)34-23-7-5-4-6-19(23)28(38)39)20-9-10-21-27-22(12-13-29(20,21)2)30(3)16-31(32,33)25(36)15-18(30)14-24(27)35;1-13(4-7-20(29)30)15-5-6-16-21-17(8-9-22(15,16)2)23(3)12-24(25,26)19(28)11-14(23)10-18(21)27;/h17-25,27,35-36H,4-16H2,1-3H3,(H,34,37)(H,38,39);13-19,21,27-28H,4-12H2,1-3H3,(H,29,30);/q;;+1/p-1/t17-,18-,19-,20-,21?,22?,23?,24+,25-,27?,29-,30+;13-,14-,15-,16?,17?,18+,19-,21?,22-,23+;/m11./s1. The van der Waals surface area contributed by atoms with Gasteiger partial charge in [0, 0.05) is 43.6 Å². The average molecular weight is 1000 g/mol. The Kier molecular flexibility index (Phi) is 16.9. The van der Waals surface area contributed by atoms with Crippen LogP contribution in [0.3, 0.4) is 0 Å². The molecule has 9 fully saturated rings. The summed E-state index contributed by atoms with van der Waals surface area (Å²) < 4.78 is 58.7. The molecule has 22 atom stereocenters. The number of rotatable bonds is 10. The van der Waals surface area contributed by atoms with Crippen molar-refractivity contribution in [1.29, 1.82) is 0 Å². The molecule has 6 N–H and O–H groups in total. The molecule has 7 unspecified atom stereocenters. The van der Waals surface area contributed by atoms with E-state index in [1.54, 1.807) is 0 Å². The number of halogens is 4. The number of carbonyl (C=O) groups excluding carboxylic acids is 2. The maximum atomic E-state index is 14.8. The molecule has 10 nitrogen and oxygen atoms in total. The van der Waals surface area contributed by atoms with Crippen molar-refractivity contribution >= 4 is 17.8 Å². The molecular weight excluding hydrogens is 918 g/mol. The molecule has 1 amide bonds. The van der Waals surface area contributed by atoms with Gasteiger partial charge in [0.1, 0.15) is 12.2 Å². The van der Waals surface area contributed by atoms with Crippen LogP contribution in [0.25, 0.3) is 0 Å².